The number of nitrogens with one attached hydrogen (secondary N) is 1. The van der Waals surface area contributed by atoms with Crippen LogP contribution in [0, 0.1) is 5.92 Å². The van der Waals surface area contributed by atoms with E-state index in [-0.39, 0.29) is 17.7 Å². The zero-order valence-electron chi connectivity index (χ0n) is 13.0. The zero-order chi connectivity index (χ0) is 15.4. The molecule has 3 rings (SSSR count). The third-order valence-corrected chi connectivity index (χ3v) is 4.69. The van der Waals surface area contributed by atoms with Crippen LogP contribution in [0.15, 0.2) is 12.3 Å². The molecule has 1 atom stereocenters. The van der Waals surface area contributed by atoms with Crippen LogP contribution >= 0.6 is 0 Å². The average molecular weight is 290 g/mol. The Balaban J connectivity index is 1.97. The molecule has 1 aliphatic heterocycles. The van der Waals surface area contributed by atoms with E-state index < -0.39 is 11.1 Å². The Morgan fingerprint density at radius 2 is 2.00 bits per heavy atom. The number of aryl methyl sites for hydroxylation is 1. The second-order valence-corrected chi connectivity index (χ2v) is 6.87. The Morgan fingerprint density at radius 1 is 1.33 bits per heavy atom. The van der Waals surface area contributed by atoms with Crippen molar-refractivity contribution >= 4 is 11.8 Å². The largest absolute Gasteiger partial charge is 0.340 e. The van der Waals surface area contributed by atoms with Gasteiger partial charge in [0.15, 0.2) is 0 Å². The molecule has 0 spiro atoms. The Hall–Kier alpha value is -1.85. The minimum atomic E-state index is -0.861. The van der Waals surface area contributed by atoms with Crippen molar-refractivity contribution in [1.29, 1.82) is 0 Å². The van der Waals surface area contributed by atoms with Gasteiger partial charge in [-0.1, -0.05) is 0 Å². The molecule has 1 aromatic rings. The number of hydrogen-bond acceptors (Lipinski definition) is 3. The number of carbonyl (C=O) groups is 2. The van der Waals surface area contributed by atoms with Gasteiger partial charge in [-0.25, -0.2) is 0 Å². The molecule has 0 radical (unpaired) electrons. The highest BCUT2D eigenvalue weighted by Gasteiger charge is 2.59. The molecule has 2 heterocycles. The number of aromatic nitrogens is 2. The van der Waals surface area contributed by atoms with Gasteiger partial charge >= 0.3 is 0 Å². The molecule has 2 fully saturated rings. The summed E-state index contributed by atoms with van der Waals surface area (Å²) >= 11 is 0. The van der Waals surface area contributed by atoms with Crippen molar-refractivity contribution in [2.45, 2.75) is 51.2 Å². The standard InChI is InChI=1S/C15H22N4O2/c1-14(2)13(21)19(9-11-7-8-18(4)17-11)15(3,10-5-6-10)12(20)16-14/h7-8,10H,5-6,9H2,1-4H3,(H,16,20). The van der Waals surface area contributed by atoms with Crippen molar-refractivity contribution in [2.75, 3.05) is 0 Å². The lowest BCUT2D eigenvalue weighted by Crippen LogP contribution is -2.73. The molecule has 1 saturated carbocycles. The van der Waals surface area contributed by atoms with Gasteiger partial charge in [0.25, 0.3) is 0 Å². The number of amides is 2. The predicted molar refractivity (Wildman–Crippen MR) is 77.1 cm³/mol. The molecule has 1 aromatic heterocycles. The lowest BCUT2D eigenvalue weighted by molar-refractivity contribution is -0.163. The smallest absolute Gasteiger partial charge is 0.249 e. The zero-order valence-corrected chi connectivity index (χ0v) is 13.0. The van der Waals surface area contributed by atoms with E-state index in [0.717, 1.165) is 18.5 Å². The van der Waals surface area contributed by atoms with Crippen molar-refractivity contribution in [1.82, 2.24) is 20.0 Å². The fourth-order valence-electron chi connectivity index (χ4n) is 3.13. The van der Waals surface area contributed by atoms with Gasteiger partial charge in [-0.3, -0.25) is 14.3 Å². The maximum atomic E-state index is 12.8. The summed E-state index contributed by atoms with van der Waals surface area (Å²) in [7, 11) is 1.85. The van der Waals surface area contributed by atoms with Crippen molar-refractivity contribution < 1.29 is 9.59 Å². The van der Waals surface area contributed by atoms with Crippen LogP contribution in [0.5, 0.6) is 0 Å². The molecule has 0 bridgehead atoms. The number of rotatable bonds is 3. The summed E-state index contributed by atoms with van der Waals surface area (Å²) < 4.78 is 1.71. The number of hydrogen-bond donors (Lipinski definition) is 1. The van der Waals surface area contributed by atoms with E-state index in [1.165, 1.54) is 0 Å². The van der Waals surface area contributed by atoms with Gasteiger partial charge < -0.3 is 10.2 Å². The summed E-state index contributed by atoms with van der Waals surface area (Å²) in [5.41, 5.74) is -0.812. The second kappa shape index (κ2) is 4.32. The fourth-order valence-corrected chi connectivity index (χ4v) is 3.13. The highest BCUT2D eigenvalue weighted by Crippen LogP contribution is 2.46. The third kappa shape index (κ3) is 2.13. The lowest BCUT2D eigenvalue weighted by atomic mass is 9.84. The van der Waals surface area contributed by atoms with Crippen LogP contribution in [0.1, 0.15) is 39.3 Å². The van der Waals surface area contributed by atoms with Crippen LogP contribution in [-0.2, 0) is 23.2 Å². The van der Waals surface area contributed by atoms with E-state index in [4.69, 9.17) is 0 Å². The van der Waals surface area contributed by atoms with Crippen LogP contribution < -0.4 is 5.32 Å². The molecule has 1 saturated heterocycles. The predicted octanol–water partition coefficient (Wildman–Crippen LogP) is 0.826. The van der Waals surface area contributed by atoms with Crippen molar-refractivity contribution in [3.63, 3.8) is 0 Å². The molecule has 2 amide bonds. The Labute approximate surface area is 124 Å². The second-order valence-electron chi connectivity index (χ2n) is 6.87. The molecule has 1 aliphatic carbocycles. The topological polar surface area (TPSA) is 67.2 Å². The van der Waals surface area contributed by atoms with Gasteiger partial charge in [-0.15, -0.1) is 0 Å². The minimum absolute atomic E-state index is 0.0397. The molecule has 114 valence electrons. The number of piperazine rings is 1. The highest BCUT2D eigenvalue weighted by atomic mass is 16.2. The molecule has 6 heteroatoms. The minimum Gasteiger partial charge on any atom is -0.340 e. The molecular formula is C15H22N4O2. The van der Waals surface area contributed by atoms with Crippen LogP contribution in [0.2, 0.25) is 0 Å². The first-order chi connectivity index (χ1) is 9.75. The van der Waals surface area contributed by atoms with Crippen molar-refractivity contribution in [2.24, 2.45) is 13.0 Å². The van der Waals surface area contributed by atoms with Gasteiger partial charge in [-0.05, 0) is 45.6 Å². The van der Waals surface area contributed by atoms with Gasteiger partial charge in [0.1, 0.15) is 11.1 Å². The van der Waals surface area contributed by atoms with E-state index in [1.54, 1.807) is 23.4 Å². The lowest BCUT2D eigenvalue weighted by Gasteiger charge is -2.49. The summed E-state index contributed by atoms with van der Waals surface area (Å²) in [6, 6.07) is 1.89. The highest BCUT2D eigenvalue weighted by molar-refractivity contribution is 6.02. The fraction of sp³-hybridized carbons (Fsp3) is 0.667. The molecule has 2 aliphatic rings. The normalized spacial score (nSPS) is 28.7. The maximum Gasteiger partial charge on any atom is 0.249 e. The number of carbonyl (C=O) groups excluding carboxylic acids is 2. The first-order valence-electron chi connectivity index (χ1n) is 7.38. The summed E-state index contributed by atoms with van der Waals surface area (Å²) in [5.74, 6) is 0.161. The van der Waals surface area contributed by atoms with E-state index in [9.17, 15) is 9.59 Å². The van der Waals surface area contributed by atoms with Crippen LogP contribution in [0.25, 0.3) is 0 Å². The molecular weight excluding hydrogens is 268 g/mol. The van der Waals surface area contributed by atoms with Gasteiger partial charge in [0, 0.05) is 13.2 Å². The molecule has 1 unspecified atom stereocenters. The van der Waals surface area contributed by atoms with Crippen molar-refractivity contribution in [3.05, 3.63) is 18.0 Å². The van der Waals surface area contributed by atoms with E-state index >= 15 is 0 Å². The van der Waals surface area contributed by atoms with E-state index in [1.807, 2.05) is 26.2 Å². The first kappa shape index (κ1) is 14.1. The Morgan fingerprint density at radius 3 is 2.52 bits per heavy atom. The Kier molecular flexibility index (Phi) is 2.90. The van der Waals surface area contributed by atoms with E-state index in [2.05, 4.69) is 10.4 Å². The monoisotopic (exact) mass is 290 g/mol. The van der Waals surface area contributed by atoms with Crippen LogP contribution in [0.4, 0.5) is 0 Å². The molecule has 0 aromatic carbocycles. The van der Waals surface area contributed by atoms with Crippen molar-refractivity contribution in [3.8, 4) is 0 Å². The first-order valence-corrected chi connectivity index (χ1v) is 7.38. The van der Waals surface area contributed by atoms with E-state index in [0.29, 0.717) is 6.54 Å². The van der Waals surface area contributed by atoms with Gasteiger partial charge in [0.05, 0.1) is 12.2 Å². The van der Waals surface area contributed by atoms with Gasteiger partial charge in [0.2, 0.25) is 11.8 Å². The summed E-state index contributed by atoms with van der Waals surface area (Å²) in [4.78, 5) is 27.2. The molecule has 21 heavy (non-hydrogen) atoms. The molecule has 6 nitrogen and oxygen atoms in total. The SMILES string of the molecule is Cn1ccc(CN2C(=O)C(C)(C)NC(=O)C2(C)C2CC2)n1. The summed E-state index contributed by atoms with van der Waals surface area (Å²) in [6.45, 7) is 5.77. The quantitative estimate of drug-likeness (QED) is 0.896. The average Bonchev–Trinajstić information content (AvgIpc) is 3.17. The maximum absolute atomic E-state index is 12.8. The van der Waals surface area contributed by atoms with Gasteiger partial charge in [-0.2, -0.15) is 5.10 Å². The summed E-state index contributed by atoms with van der Waals surface area (Å²) in [6.07, 6.45) is 3.84. The third-order valence-electron chi connectivity index (χ3n) is 4.69. The molecule has 1 N–H and O–H groups in total. The number of nitrogens with zero attached hydrogens (tertiary/aromatic N) is 3. The van der Waals surface area contributed by atoms with Crippen LogP contribution in [-0.4, -0.2) is 37.6 Å². The van der Waals surface area contributed by atoms with Crippen LogP contribution in [0.3, 0.4) is 0 Å². The summed E-state index contributed by atoms with van der Waals surface area (Å²) in [5, 5.41) is 7.23. The Bertz CT molecular complexity index is 603.